The van der Waals surface area contributed by atoms with Crippen LogP contribution in [0.4, 0.5) is 0 Å². The molecule has 0 spiro atoms. The first-order valence-corrected chi connectivity index (χ1v) is 2.09. The van der Waals surface area contributed by atoms with Crippen molar-refractivity contribution >= 4 is 0 Å². The van der Waals surface area contributed by atoms with Crippen molar-refractivity contribution in [2.75, 3.05) is 6.54 Å². The summed E-state index contributed by atoms with van der Waals surface area (Å²) < 4.78 is 0. The van der Waals surface area contributed by atoms with Gasteiger partial charge in [-0.3, -0.25) is 0 Å². The van der Waals surface area contributed by atoms with Gasteiger partial charge >= 0.3 is 0 Å². The van der Waals surface area contributed by atoms with Crippen LogP contribution in [0.3, 0.4) is 0 Å². The smallest absolute Gasteiger partial charge is 0.138 e. The van der Waals surface area contributed by atoms with Gasteiger partial charge in [-0.1, -0.05) is 6.58 Å². The fourth-order valence-corrected chi connectivity index (χ4v) is 0.162. The molecule has 3 heteroatoms. The third-order valence-corrected chi connectivity index (χ3v) is 0.341. The summed E-state index contributed by atoms with van der Waals surface area (Å²) in [5.74, 6) is 0.266. The molecule has 0 heterocycles. The zero-order chi connectivity index (χ0) is 5.70. The first-order chi connectivity index (χ1) is 3.27. The molecule has 0 unspecified atom stereocenters. The summed E-state index contributed by atoms with van der Waals surface area (Å²) in [6, 6.07) is 0. The van der Waals surface area contributed by atoms with Crippen molar-refractivity contribution in [2.45, 2.75) is 6.92 Å². The maximum atomic E-state index is 5.02. The third-order valence-electron chi connectivity index (χ3n) is 0.341. The van der Waals surface area contributed by atoms with Crippen molar-refractivity contribution in [3.63, 3.8) is 0 Å². The third kappa shape index (κ3) is 5.14. The molecule has 0 aromatic rings. The summed E-state index contributed by atoms with van der Waals surface area (Å²) in [4.78, 5) is 0. The number of rotatable bonds is 2. The van der Waals surface area contributed by atoms with Gasteiger partial charge in [0.05, 0.1) is 6.54 Å². The predicted octanol–water partition coefficient (Wildman–Crippen LogP) is 0.888. The minimum absolute atomic E-state index is 0.266. The Morgan fingerprint density at radius 2 is 2.43 bits per heavy atom. The van der Waals surface area contributed by atoms with Crippen LogP contribution in [-0.4, -0.2) is 6.54 Å². The van der Waals surface area contributed by atoms with Gasteiger partial charge in [0.1, 0.15) is 5.82 Å². The van der Waals surface area contributed by atoms with Crippen molar-refractivity contribution in [3.05, 3.63) is 12.4 Å². The first kappa shape index (κ1) is 6.14. The van der Waals surface area contributed by atoms with E-state index in [1.807, 2.05) is 6.92 Å². The average Bonchev–Trinajstić information content (AvgIpc) is 1.61. The molecule has 0 aliphatic heterocycles. The van der Waals surface area contributed by atoms with Crippen LogP contribution in [0.2, 0.25) is 0 Å². The van der Waals surface area contributed by atoms with Gasteiger partial charge in [-0.05, 0) is 6.92 Å². The molecule has 0 atom stereocenters. The SMILES string of the molecule is C=C(N)/N=N\CC. The van der Waals surface area contributed by atoms with Gasteiger partial charge < -0.3 is 5.73 Å². The lowest BCUT2D eigenvalue weighted by Gasteiger charge is -1.80. The molecule has 0 radical (unpaired) electrons. The molecule has 0 amide bonds. The van der Waals surface area contributed by atoms with E-state index in [-0.39, 0.29) is 5.82 Å². The van der Waals surface area contributed by atoms with Crippen LogP contribution >= 0.6 is 0 Å². The maximum absolute atomic E-state index is 5.02. The van der Waals surface area contributed by atoms with Crippen LogP contribution in [0.5, 0.6) is 0 Å². The van der Waals surface area contributed by atoms with E-state index in [9.17, 15) is 0 Å². The molecule has 0 aliphatic carbocycles. The summed E-state index contributed by atoms with van der Waals surface area (Å²) in [7, 11) is 0. The molecular formula is C4H9N3. The van der Waals surface area contributed by atoms with Crippen LogP contribution in [0.15, 0.2) is 22.6 Å². The molecular weight excluding hydrogens is 90.1 g/mol. The topological polar surface area (TPSA) is 50.7 Å². The van der Waals surface area contributed by atoms with Crippen molar-refractivity contribution < 1.29 is 0 Å². The molecule has 0 fully saturated rings. The van der Waals surface area contributed by atoms with Crippen molar-refractivity contribution in [2.24, 2.45) is 16.0 Å². The highest BCUT2D eigenvalue weighted by atomic mass is 15.1. The Kier molecular flexibility index (Phi) is 2.92. The first-order valence-electron chi connectivity index (χ1n) is 2.09. The zero-order valence-electron chi connectivity index (χ0n) is 4.39. The van der Waals surface area contributed by atoms with E-state index >= 15 is 0 Å². The Morgan fingerprint density at radius 3 is 2.57 bits per heavy atom. The van der Waals surface area contributed by atoms with E-state index in [0.717, 1.165) is 0 Å². The van der Waals surface area contributed by atoms with Crippen molar-refractivity contribution in [3.8, 4) is 0 Å². The molecule has 40 valence electrons. The van der Waals surface area contributed by atoms with E-state index in [1.165, 1.54) is 0 Å². The highest BCUT2D eigenvalue weighted by Crippen LogP contribution is 1.79. The van der Waals surface area contributed by atoms with Gasteiger partial charge in [0.2, 0.25) is 0 Å². The molecule has 0 aliphatic rings. The lowest BCUT2D eigenvalue weighted by molar-refractivity contribution is 0.960. The Bertz CT molecular complexity index is 84.9. The Hall–Kier alpha value is -0.860. The van der Waals surface area contributed by atoms with Crippen LogP contribution in [-0.2, 0) is 0 Å². The van der Waals surface area contributed by atoms with Crippen LogP contribution in [0.25, 0.3) is 0 Å². The predicted molar refractivity (Wildman–Crippen MR) is 28.7 cm³/mol. The van der Waals surface area contributed by atoms with Gasteiger partial charge in [0, 0.05) is 0 Å². The van der Waals surface area contributed by atoms with Crippen molar-refractivity contribution in [1.82, 2.24) is 0 Å². The standard InChI is InChI=1S/C4H9N3/c1-3-6-7-4(2)5/h2-3,5H2,1H3/b7-6-. The fourth-order valence-electron chi connectivity index (χ4n) is 0.162. The van der Waals surface area contributed by atoms with E-state index in [4.69, 9.17) is 5.73 Å². The number of hydrogen-bond acceptors (Lipinski definition) is 3. The van der Waals surface area contributed by atoms with Gasteiger partial charge in [-0.15, -0.1) is 5.11 Å². The van der Waals surface area contributed by atoms with Crippen molar-refractivity contribution in [1.29, 1.82) is 0 Å². The highest BCUT2D eigenvalue weighted by molar-refractivity contribution is 4.79. The second-order valence-corrected chi connectivity index (χ2v) is 1.05. The van der Waals surface area contributed by atoms with E-state index in [2.05, 4.69) is 16.8 Å². The van der Waals surface area contributed by atoms with Gasteiger partial charge in [0.15, 0.2) is 0 Å². The summed E-state index contributed by atoms with van der Waals surface area (Å²) in [5.41, 5.74) is 5.02. The second-order valence-electron chi connectivity index (χ2n) is 1.05. The molecule has 0 saturated carbocycles. The Labute approximate surface area is 42.9 Å². The van der Waals surface area contributed by atoms with E-state index < -0.39 is 0 Å². The number of nitrogens with two attached hydrogens (primary N) is 1. The summed E-state index contributed by atoms with van der Waals surface area (Å²) in [6.07, 6.45) is 0. The lowest BCUT2D eigenvalue weighted by Crippen LogP contribution is -1.87. The number of nitrogens with zero attached hydrogens (tertiary/aromatic N) is 2. The molecule has 3 nitrogen and oxygen atoms in total. The highest BCUT2D eigenvalue weighted by Gasteiger charge is 1.69. The minimum atomic E-state index is 0.266. The van der Waals surface area contributed by atoms with Crippen LogP contribution in [0.1, 0.15) is 6.92 Å². The Balaban J connectivity index is 3.26. The van der Waals surface area contributed by atoms with Crippen LogP contribution < -0.4 is 5.73 Å². The molecule has 2 N–H and O–H groups in total. The zero-order valence-corrected chi connectivity index (χ0v) is 4.39. The monoisotopic (exact) mass is 99.1 g/mol. The van der Waals surface area contributed by atoms with Gasteiger partial charge in [0.25, 0.3) is 0 Å². The Morgan fingerprint density at radius 1 is 1.86 bits per heavy atom. The largest absolute Gasteiger partial charge is 0.383 e. The average molecular weight is 99.1 g/mol. The number of hydrogen-bond donors (Lipinski definition) is 1. The van der Waals surface area contributed by atoms with Gasteiger partial charge in [-0.25, -0.2) is 0 Å². The van der Waals surface area contributed by atoms with Crippen LogP contribution in [0, 0.1) is 0 Å². The van der Waals surface area contributed by atoms with Gasteiger partial charge in [-0.2, -0.15) is 5.11 Å². The lowest BCUT2D eigenvalue weighted by atomic mass is 10.8. The van der Waals surface area contributed by atoms with E-state index in [0.29, 0.717) is 6.54 Å². The molecule has 0 bridgehead atoms. The minimum Gasteiger partial charge on any atom is -0.383 e. The molecule has 7 heavy (non-hydrogen) atoms. The second kappa shape index (κ2) is 3.33. The number of azo groups is 1. The maximum Gasteiger partial charge on any atom is 0.138 e. The quantitative estimate of drug-likeness (QED) is 0.513. The molecule has 0 saturated heterocycles. The molecule has 0 aromatic carbocycles. The van der Waals surface area contributed by atoms with E-state index in [1.54, 1.807) is 0 Å². The normalized spacial score (nSPS) is 9.86. The summed E-state index contributed by atoms with van der Waals surface area (Å²) in [5, 5.41) is 7.02. The molecule has 0 aromatic heterocycles. The summed E-state index contributed by atoms with van der Waals surface area (Å²) >= 11 is 0. The summed E-state index contributed by atoms with van der Waals surface area (Å²) in [6.45, 7) is 5.85. The fraction of sp³-hybridized carbons (Fsp3) is 0.500. The molecule has 0 rings (SSSR count).